The largest absolute Gasteiger partial charge is 0.484 e. The molecule has 3 rings (SSSR count). The molecule has 0 atom stereocenters. The van der Waals surface area contributed by atoms with Crippen LogP contribution < -0.4 is 10.1 Å². The SMILES string of the molecule is Cc1ccc(NC(=O)COc2ccc(C=Cc3onc(C)c3[N+](=O)[O-])cc2)cc1. The van der Waals surface area contributed by atoms with Gasteiger partial charge in [0, 0.05) is 5.69 Å². The lowest BCUT2D eigenvalue weighted by molar-refractivity contribution is -0.386. The third kappa shape index (κ3) is 5.29. The summed E-state index contributed by atoms with van der Waals surface area (Å²) in [4.78, 5) is 22.5. The van der Waals surface area contributed by atoms with Gasteiger partial charge in [-0.15, -0.1) is 0 Å². The van der Waals surface area contributed by atoms with Gasteiger partial charge >= 0.3 is 5.69 Å². The number of carbonyl (C=O) groups is 1. The Labute approximate surface area is 166 Å². The summed E-state index contributed by atoms with van der Waals surface area (Å²) in [5, 5.41) is 17.4. The molecule has 0 saturated carbocycles. The Balaban J connectivity index is 1.55. The fourth-order valence-electron chi connectivity index (χ4n) is 2.54. The smallest absolute Gasteiger partial charge is 0.338 e. The molecule has 0 aliphatic carbocycles. The summed E-state index contributed by atoms with van der Waals surface area (Å²) in [6, 6.07) is 14.4. The summed E-state index contributed by atoms with van der Waals surface area (Å²) in [5.74, 6) is 0.356. The van der Waals surface area contributed by atoms with E-state index in [4.69, 9.17) is 9.26 Å². The van der Waals surface area contributed by atoms with Crippen molar-refractivity contribution in [1.82, 2.24) is 5.16 Å². The van der Waals surface area contributed by atoms with E-state index in [0.29, 0.717) is 11.4 Å². The maximum atomic E-state index is 12.0. The van der Waals surface area contributed by atoms with E-state index in [1.54, 1.807) is 30.3 Å². The van der Waals surface area contributed by atoms with Crippen LogP contribution in [0, 0.1) is 24.0 Å². The molecule has 0 unspecified atom stereocenters. The Hall–Kier alpha value is -3.94. The second kappa shape index (κ2) is 8.83. The fourth-order valence-corrected chi connectivity index (χ4v) is 2.54. The van der Waals surface area contributed by atoms with E-state index in [1.807, 2.05) is 31.2 Å². The number of nitrogens with zero attached hydrogens (tertiary/aromatic N) is 2. The van der Waals surface area contributed by atoms with Crippen molar-refractivity contribution in [3.8, 4) is 5.75 Å². The zero-order chi connectivity index (χ0) is 20.8. The molecule has 2 aromatic carbocycles. The molecule has 3 aromatic rings. The van der Waals surface area contributed by atoms with E-state index < -0.39 is 4.92 Å². The minimum absolute atomic E-state index is 0.0839. The van der Waals surface area contributed by atoms with Crippen LogP contribution >= 0.6 is 0 Å². The highest BCUT2D eigenvalue weighted by Crippen LogP contribution is 2.25. The van der Waals surface area contributed by atoms with Gasteiger partial charge in [-0.2, -0.15) is 0 Å². The Morgan fingerprint density at radius 3 is 2.48 bits per heavy atom. The summed E-state index contributed by atoms with van der Waals surface area (Å²) >= 11 is 0. The fraction of sp³-hybridized carbons (Fsp3) is 0.143. The molecule has 148 valence electrons. The third-order valence-electron chi connectivity index (χ3n) is 4.05. The number of aryl methyl sites for hydroxylation is 2. The zero-order valence-corrected chi connectivity index (χ0v) is 15.9. The molecule has 1 N–H and O–H groups in total. The summed E-state index contributed by atoms with van der Waals surface area (Å²) < 4.78 is 10.5. The van der Waals surface area contributed by atoms with Crippen molar-refractivity contribution in [3.63, 3.8) is 0 Å². The average Bonchev–Trinajstić information content (AvgIpc) is 3.08. The molecule has 0 aliphatic heterocycles. The number of aromatic nitrogens is 1. The second-order valence-corrected chi connectivity index (χ2v) is 6.34. The van der Waals surface area contributed by atoms with Crippen LogP contribution in [-0.4, -0.2) is 22.6 Å². The van der Waals surface area contributed by atoms with Crippen molar-refractivity contribution >= 4 is 29.4 Å². The van der Waals surface area contributed by atoms with Crippen molar-refractivity contribution in [2.24, 2.45) is 0 Å². The van der Waals surface area contributed by atoms with Crippen LogP contribution in [0.15, 0.2) is 53.1 Å². The molecule has 0 spiro atoms. The minimum atomic E-state index is -0.524. The first kappa shape index (κ1) is 19.8. The first-order valence-corrected chi connectivity index (χ1v) is 8.80. The van der Waals surface area contributed by atoms with E-state index >= 15 is 0 Å². The van der Waals surface area contributed by atoms with Crippen LogP contribution in [0.25, 0.3) is 12.2 Å². The van der Waals surface area contributed by atoms with Gasteiger partial charge in [-0.1, -0.05) is 41.1 Å². The van der Waals surface area contributed by atoms with Gasteiger partial charge in [0.15, 0.2) is 12.3 Å². The van der Waals surface area contributed by atoms with Crippen LogP contribution in [0.5, 0.6) is 5.75 Å². The van der Waals surface area contributed by atoms with Crippen molar-refractivity contribution in [2.75, 3.05) is 11.9 Å². The standard InChI is InChI=1S/C21H19N3O5/c1-14-3-8-17(9-4-14)22-20(25)13-28-18-10-5-16(6-11-18)7-12-19-21(24(26)27)15(2)23-29-19/h3-12H,13H2,1-2H3,(H,22,25). The molecule has 0 fully saturated rings. The van der Waals surface area contributed by atoms with Crippen LogP contribution in [0.3, 0.4) is 0 Å². The maximum Gasteiger partial charge on any atom is 0.338 e. The van der Waals surface area contributed by atoms with Gasteiger partial charge in [0.1, 0.15) is 5.75 Å². The van der Waals surface area contributed by atoms with Crippen molar-refractivity contribution < 1.29 is 19.0 Å². The van der Waals surface area contributed by atoms with Crippen LogP contribution in [0.2, 0.25) is 0 Å². The Morgan fingerprint density at radius 2 is 1.83 bits per heavy atom. The predicted octanol–water partition coefficient (Wildman–Crippen LogP) is 4.39. The molecular weight excluding hydrogens is 374 g/mol. The molecule has 29 heavy (non-hydrogen) atoms. The summed E-state index contributed by atoms with van der Waals surface area (Å²) in [6.45, 7) is 3.37. The number of nitro groups is 1. The van der Waals surface area contributed by atoms with Gasteiger partial charge in [-0.3, -0.25) is 14.9 Å². The molecule has 1 amide bonds. The van der Waals surface area contributed by atoms with Crippen molar-refractivity contribution in [2.45, 2.75) is 13.8 Å². The molecule has 8 heteroatoms. The first-order valence-electron chi connectivity index (χ1n) is 8.80. The predicted molar refractivity (Wildman–Crippen MR) is 109 cm³/mol. The highest BCUT2D eigenvalue weighted by molar-refractivity contribution is 5.91. The Morgan fingerprint density at radius 1 is 1.14 bits per heavy atom. The Kier molecular flexibility index (Phi) is 6.03. The number of rotatable bonds is 7. The van der Waals surface area contributed by atoms with Crippen LogP contribution in [0.1, 0.15) is 22.6 Å². The van der Waals surface area contributed by atoms with E-state index in [1.165, 1.54) is 13.0 Å². The summed E-state index contributed by atoms with van der Waals surface area (Å²) in [6.07, 6.45) is 3.16. The first-order chi connectivity index (χ1) is 13.9. The zero-order valence-electron chi connectivity index (χ0n) is 15.9. The lowest BCUT2D eigenvalue weighted by Crippen LogP contribution is -2.20. The number of amides is 1. The van der Waals surface area contributed by atoms with Crippen LogP contribution in [0.4, 0.5) is 11.4 Å². The number of ether oxygens (including phenoxy) is 1. The lowest BCUT2D eigenvalue weighted by atomic mass is 10.2. The molecule has 0 saturated heterocycles. The number of hydrogen-bond donors (Lipinski definition) is 1. The minimum Gasteiger partial charge on any atom is -0.484 e. The number of anilines is 1. The molecule has 8 nitrogen and oxygen atoms in total. The van der Waals surface area contributed by atoms with E-state index in [0.717, 1.165) is 11.1 Å². The number of benzene rings is 2. The van der Waals surface area contributed by atoms with Crippen LogP contribution in [-0.2, 0) is 4.79 Å². The van der Waals surface area contributed by atoms with Gasteiger partial charge in [0.05, 0.1) is 4.92 Å². The molecule has 0 radical (unpaired) electrons. The monoisotopic (exact) mass is 393 g/mol. The highest BCUT2D eigenvalue weighted by atomic mass is 16.6. The highest BCUT2D eigenvalue weighted by Gasteiger charge is 2.21. The van der Waals surface area contributed by atoms with E-state index in [9.17, 15) is 14.9 Å². The van der Waals surface area contributed by atoms with Gasteiger partial charge < -0.3 is 14.6 Å². The van der Waals surface area contributed by atoms with E-state index in [-0.39, 0.29) is 29.7 Å². The van der Waals surface area contributed by atoms with Crippen molar-refractivity contribution in [3.05, 3.63) is 81.2 Å². The lowest BCUT2D eigenvalue weighted by Gasteiger charge is -2.08. The Bertz CT molecular complexity index is 1040. The van der Waals surface area contributed by atoms with Gasteiger partial charge in [-0.05, 0) is 49.8 Å². The quantitative estimate of drug-likeness (QED) is 0.471. The second-order valence-electron chi connectivity index (χ2n) is 6.34. The molecule has 0 aliphatic rings. The van der Waals surface area contributed by atoms with Gasteiger partial charge in [0.25, 0.3) is 5.91 Å². The molecule has 1 heterocycles. The van der Waals surface area contributed by atoms with Gasteiger partial charge in [0.2, 0.25) is 5.76 Å². The number of hydrogen-bond acceptors (Lipinski definition) is 6. The van der Waals surface area contributed by atoms with E-state index in [2.05, 4.69) is 10.5 Å². The average molecular weight is 393 g/mol. The molecule has 0 bridgehead atoms. The topological polar surface area (TPSA) is 108 Å². The van der Waals surface area contributed by atoms with Gasteiger partial charge in [-0.25, -0.2) is 0 Å². The summed E-state index contributed by atoms with van der Waals surface area (Å²) in [5.41, 5.74) is 2.68. The number of nitrogens with one attached hydrogen (secondary N) is 1. The normalized spacial score (nSPS) is 10.8. The summed E-state index contributed by atoms with van der Waals surface area (Å²) in [7, 11) is 0. The third-order valence-corrected chi connectivity index (χ3v) is 4.05. The number of carbonyl (C=O) groups excluding carboxylic acids is 1. The van der Waals surface area contributed by atoms with Crippen molar-refractivity contribution in [1.29, 1.82) is 0 Å². The maximum absolute atomic E-state index is 12.0. The molecule has 1 aromatic heterocycles. The molecular formula is C21H19N3O5.